The molecule has 6 rings (SSSR count). The molecular weight excluding hydrogens is 879 g/mol. The Morgan fingerprint density at radius 2 is 0.869 bits per heavy atom. The molecule has 0 fully saturated rings. The molecule has 0 heterocycles. The van der Waals surface area contributed by atoms with Gasteiger partial charge in [0.15, 0.2) is 0 Å². The van der Waals surface area contributed by atoms with Crippen molar-refractivity contribution < 1.29 is 22.1 Å². The Morgan fingerprint density at radius 1 is 0.492 bits per heavy atom. The molecule has 4 aromatic rings. The molecule has 0 radical (unpaired) electrons. The van der Waals surface area contributed by atoms with E-state index < -0.39 is 17.4 Å². The molecule has 61 heavy (non-hydrogen) atoms. The fourth-order valence-electron chi connectivity index (χ4n) is 10.7. The number of hydrogen-bond donors (Lipinski definition) is 0. The summed E-state index contributed by atoms with van der Waals surface area (Å²) in [5.74, 6) is 1.03. The van der Waals surface area contributed by atoms with Gasteiger partial charge in [0, 0.05) is 0 Å². The Kier molecular flexibility index (Phi) is 13.8. The summed E-state index contributed by atoms with van der Waals surface area (Å²) in [5.41, 5.74) is 22.5. The van der Waals surface area contributed by atoms with Crippen molar-refractivity contribution in [3.8, 4) is 28.0 Å². The zero-order valence-corrected chi connectivity index (χ0v) is 47.4. The van der Waals surface area contributed by atoms with E-state index in [1.807, 2.05) is 7.11 Å². The molecule has 1 nitrogen and oxygen atoms in total. The van der Waals surface area contributed by atoms with Crippen LogP contribution in [0.2, 0.25) is 9.26 Å². The Labute approximate surface area is 387 Å². The minimum Gasteiger partial charge on any atom is -0.147 e. The number of allylic oxidation sites excluding steroid dienone is 2. The zero-order valence-electron chi connectivity index (χ0n) is 41.9. The predicted octanol–water partition coefficient (Wildman–Crippen LogP) is 16.6. The molecule has 2 unspecified atom stereocenters. The molecule has 0 N–H and O–H groups in total. The number of benzene rings is 4. The van der Waals surface area contributed by atoms with Crippen molar-refractivity contribution in [2.24, 2.45) is 0 Å². The third-order valence-electron chi connectivity index (χ3n) is 13.8. The van der Waals surface area contributed by atoms with E-state index in [0.29, 0.717) is 7.25 Å². The molecule has 2 atom stereocenters. The Balaban J connectivity index is 0.00000410. The van der Waals surface area contributed by atoms with Crippen molar-refractivity contribution in [2.45, 2.75) is 168 Å². The minimum absolute atomic E-state index is 0. The fourth-order valence-corrected chi connectivity index (χ4v) is 31.9. The zero-order chi connectivity index (χ0) is 44.4. The van der Waals surface area contributed by atoms with Gasteiger partial charge in [-0.3, -0.25) is 0 Å². The van der Waals surface area contributed by atoms with Crippen LogP contribution in [0.15, 0.2) is 65.7 Å². The average Bonchev–Trinajstić information content (AvgIpc) is 3.60. The number of aryl methyl sites for hydroxylation is 1. The Hall–Kier alpha value is -2.16. The molecule has 0 bridgehead atoms. The van der Waals surface area contributed by atoms with Gasteiger partial charge in [-0.15, -0.1) is 24.8 Å². The van der Waals surface area contributed by atoms with Crippen LogP contribution in [0.4, 0.5) is 0 Å². The molecule has 0 amide bonds. The number of fused-ring (bicyclic) bond motifs is 2. The van der Waals surface area contributed by atoms with E-state index in [1.54, 1.807) is 11.1 Å². The van der Waals surface area contributed by atoms with E-state index in [-0.39, 0.29) is 51.9 Å². The monoisotopic (exact) mass is 956 g/mol. The first kappa shape index (κ1) is 51.5. The quantitative estimate of drug-likeness (QED) is 0.181. The largest absolute Gasteiger partial charge is 0.147 e. The number of rotatable bonds is 5. The van der Waals surface area contributed by atoms with Gasteiger partial charge in [-0.25, -0.2) is 0 Å². The van der Waals surface area contributed by atoms with E-state index in [2.05, 4.69) is 208 Å². The summed E-state index contributed by atoms with van der Waals surface area (Å²) in [7, 11) is 1.89. The van der Waals surface area contributed by atoms with Crippen molar-refractivity contribution in [1.29, 1.82) is 0 Å². The van der Waals surface area contributed by atoms with Crippen molar-refractivity contribution in [3.05, 3.63) is 121 Å². The van der Waals surface area contributed by atoms with E-state index in [0.717, 1.165) is 5.75 Å². The van der Waals surface area contributed by atoms with E-state index in [9.17, 15) is 0 Å². The maximum absolute atomic E-state index is 6.59. The summed E-state index contributed by atoms with van der Waals surface area (Å²) < 4.78 is 13.0. The topological polar surface area (TPSA) is 9.23 Å². The van der Waals surface area contributed by atoms with Crippen LogP contribution in [0.3, 0.4) is 0 Å². The van der Waals surface area contributed by atoms with Gasteiger partial charge in [-0.2, -0.15) is 0 Å². The van der Waals surface area contributed by atoms with E-state index in [4.69, 9.17) is 4.74 Å². The van der Waals surface area contributed by atoms with Crippen LogP contribution in [-0.2, 0) is 44.5 Å². The van der Waals surface area contributed by atoms with Gasteiger partial charge in [-0.05, 0) is 0 Å². The van der Waals surface area contributed by atoms with Crippen LogP contribution in [0.5, 0.6) is 5.75 Å². The molecule has 332 valence electrons. The molecular formula is C56H80Cl2OSiZr. The summed E-state index contributed by atoms with van der Waals surface area (Å²) in [6.07, 6.45) is 5.16. The summed E-state index contributed by atoms with van der Waals surface area (Å²) in [6.45, 7) is 44.9. The normalized spacial score (nSPS) is 17.2. The standard InChI is InChI=1S/C29H39O.C25H31.2CH3.2ClH.H2Si.Zr/c1-18-12-19-16-24(29(8,9)10)26(30-11)25(23(19)13-18)20-14-21(27(2,3)4)17-22(15-20)28(5,6)7;1-16-9-18-10-17(2)12-23(22(18)11-16)19-13-20(24(3,4)5)15-21(14-19)25(6,7)8;;;;;;/h12-17H,1-11H3;9-15H,1-8H3;2*1H3;2*1H;1H2;. The molecule has 5 heteroatoms. The second-order valence-corrected chi connectivity index (χ2v) is 55.6. The summed E-state index contributed by atoms with van der Waals surface area (Å²) >= 11 is -3.94. The van der Waals surface area contributed by atoms with E-state index >= 15 is 0 Å². The van der Waals surface area contributed by atoms with Crippen LogP contribution in [0, 0.1) is 6.92 Å². The maximum atomic E-state index is 6.59. The third kappa shape index (κ3) is 9.49. The van der Waals surface area contributed by atoms with Gasteiger partial charge in [0.05, 0.1) is 0 Å². The first-order chi connectivity index (χ1) is 26.6. The molecule has 0 spiro atoms. The first-order valence-corrected chi connectivity index (χ1v) is 36.0. The van der Waals surface area contributed by atoms with Crippen molar-refractivity contribution in [3.63, 3.8) is 0 Å². The second-order valence-electron chi connectivity index (χ2n) is 25.1. The second kappa shape index (κ2) is 16.4. The van der Waals surface area contributed by atoms with Gasteiger partial charge in [-0.1, -0.05) is 0 Å². The van der Waals surface area contributed by atoms with Gasteiger partial charge >= 0.3 is 366 Å². The SMILES string of the molecule is COc1c(C(C)(C)C)cc2c(c1-c1cc(C(C)(C)C)cc(C(C)(C)C)c1)C=C(C)[CH]2[Zr]([CH3])([CH3])(=[SiH2])[CH]1C(C)=Cc2c(-c3cc(C(C)(C)C)cc(C(C)(C)C)c3)cc(C)cc21.Cl.Cl. The van der Waals surface area contributed by atoms with Crippen molar-refractivity contribution in [1.82, 2.24) is 0 Å². The molecule has 0 saturated heterocycles. The Morgan fingerprint density at radius 3 is 1.25 bits per heavy atom. The third-order valence-corrected chi connectivity index (χ3v) is 31.7. The Bertz CT molecular complexity index is 2440. The first-order valence-electron chi connectivity index (χ1n) is 22.3. The molecule has 0 saturated carbocycles. The molecule has 0 aromatic heterocycles. The number of ether oxygens (including phenoxy) is 1. The van der Waals surface area contributed by atoms with Gasteiger partial charge in [0.1, 0.15) is 0 Å². The number of methoxy groups -OCH3 is 1. The van der Waals surface area contributed by atoms with Crippen LogP contribution in [0.25, 0.3) is 34.4 Å². The number of hydrogen-bond acceptors (Lipinski definition) is 1. The van der Waals surface area contributed by atoms with Crippen LogP contribution < -0.4 is 4.74 Å². The molecule has 0 aliphatic heterocycles. The minimum atomic E-state index is -3.94. The summed E-state index contributed by atoms with van der Waals surface area (Å²) in [4.78, 5) is 0. The maximum Gasteiger partial charge on any atom is -0.147 e. The van der Waals surface area contributed by atoms with Gasteiger partial charge in [0.2, 0.25) is 0 Å². The fraction of sp³-hybridized carbons (Fsp3) is 0.500. The average molecular weight is 959 g/mol. The summed E-state index contributed by atoms with van der Waals surface area (Å²) in [6, 6.07) is 22.4. The van der Waals surface area contributed by atoms with Gasteiger partial charge in [0.25, 0.3) is 0 Å². The van der Waals surface area contributed by atoms with E-state index in [1.165, 1.54) is 77.9 Å². The van der Waals surface area contributed by atoms with Crippen LogP contribution in [-0.4, -0.2) is 14.0 Å². The van der Waals surface area contributed by atoms with Crippen molar-refractivity contribution >= 4 is 43.8 Å². The van der Waals surface area contributed by atoms with Crippen LogP contribution in [0.1, 0.15) is 181 Å². The molecule has 2 aliphatic carbocycles. The summed E-state index contributed by atoms with van der Waals surface area (Å²) in [5, 5.41) is 0. The van der Waals surface area contributed by atoms with Crippen LogP contribution >= 0.6 is 24.8 Å². The molecule has 4 aromatic carbocycles. The van der Waals surface area contributed by atoms with Gasteiger partial charge < -0.3 is 0 Å². The smallest absolute Gasteiger partial charge is 0.147 e. The van der Waals surface area contributed by atoms with Crippen molar-refractivity contribution in [2.75, 3.05) is 7.11 Å². The predicted molar refractivity (Wildman–Crippen MR) is 276 cm³/mol. The number of halogens is 2. The molecule has 2 aliphatic rings.